The number of nitrogens with one attached hydrogen (secondary N) is 1. The first-order valence-corrected chi connectivity index (χ1v) is 10.2. The molecule has 0 fully saturated rings. The largest absolute Gasteiger partial charge is 0.495 e. The van der Waals surface area contributed by atoms with Gasteiger partial charge in [0.25, 0.3) is 0 Å². The second-order valence-electron chi connectivity index (χ2n) is 6.54. The monoisotopic (exact) mass is 568 g/mol. The Hall–Kier alpha value is -2.72. The molecule has 0 unspecified atom stereocenters. The lowest BCUT2D eigenvalue weighted by Gasteiger charge is -2.13. The zero-order chi connectivity index (χ0) is 22.1. The summed E-state index contributed by atoms with van der Waals surface area (Å²) < 4.78 is 16.9. The molecule has 1 heterocycles. The highest BCUT2D eigenvalue weighted by Crippen LogP contribution is 2.32. The Morgan fingerprint density at radius 3 is 2.59 bits per heavy atom. The van der Waals surface area contributed by atoms with Crippen molar-refractivity contribution in [2.45, 2.75) is 19.9 Å². The minimum Gasteiger partial charge on any atom is -0.495 e. The van der Waals surface area contributed by atoms with Crippen LogP contribution in [0.2, 0.25) is 5.02 Å². The zero-order valence-electron chi connectivity index (χ0n) is 17.9. The fourth-order valence-electron chi connectivity index (χ4n) is 2.71. The fraction of sp³-hybridized carbons (Fsp3) is 0.217. The lowest BCUT2D eigenvalue weighted by Crippen LogP contribution is -2.22. The third kappa shape index (κ3) is 7.16. The van der Waals surface area contributed by atoms with Gasteiger partial charge in [-0.2, -0.15) is 0 Å². The lowest BCUT2D eigenvalue weighted by molar-refractivity contribution is 0.300. The van der Waals surface area contributed by atoms with Gasteiger partial charge in [-0.1, -0.05) is 36.7 Å². The van der Waals surface area contributed by atoms with Gasteiger partial charge in [0.1, 0.15) is 5.75 Å². The normalized spacial score (nSPS) is 10.8. The molecule has 0 saturated heterocycles. The number of para-hydroxylation sites is 2. The summed E-state index contributed by atoms with van der Waals surface area (Å²) in [5.74, 6) is 2.53. The number of anilines is 1. The summed E-state index contributed by atoms with van der Waals surface area (Å²) in [7, 11) is 1.56. The van der Waals surface area contributed by atoms with Crippen LogP contribution in [0.15, 0.2) is 65.8 Å². The van der Waals surface area contributed by atoms with Gasteiger partial charge in [-0.05, 0) is 42.8 Å². The topological polar surface area (TPSA) is 91.0 Å². The summed E-state index contributed by atoms with van der Waals surface area (Å²) in [5, 5.41) is 3.49. The molecular weight excluding hydrogens is 543 g/mol. The predicted octanol–water partition coefficient (Wildman–Crippen LogP) is 5.87. The summed E-state index contributed by atoms with van der Waals surface area (Å²) in [6.07, 6.45) is 2.57. The molecule has 7 nitrogen and oxygen atoms in total. The first-order chi connectivity index (χ1) is 15.1. The number of nitrogens with zero attached hydrogens (tertiary/aromatic N) is 2. The van der Waals surface area contributed by atoms with Crippen LogP contribution in [0.3, 0.4) is 0 Å². The lowest BCUT2D eigenvalue weighted by atomic mass is 10.2. The molecule has 0 aliphatic rings. The van der Waals surface area contributed by atoms with E-state index in [9.17, 15) is 0 Å². The Kier molecular flexibility index (Phi) is 10.4. The van der Waals surface area contributed by atoms with E-state index in [-0.39, 0.29) is 36.5 Å². The highest BCUT2D eigenvalue weighted by atomic mass is 127. The molecule has 0 aliphatic heterocycles. The highest BCUT2D eigenvalue weighted by Gasteiger charge is 2.10. The summed E-state index contributed by atoms with van der Waals surface area (Å²) in [4.78, 5) is 8.74. The van der Waals surface area contributed by atoms with E-state index in [1.807, 2.05) is 36.4 Å². The average molecular weight is 569 g/mol. The molecule has 3 N–H and O–H groups in total. The minimum atomic E-state index is 0. The quantitative estimate of drug-likeness (QED) is 0.191. The van der Waals surface area contributed by atoms with Crippen molar-refractivity contribution in [1.29, 1.82) is 0 Å². The number of hydrogen-bond donors (Lipinski definition) is 2. The van der Waals surface area contributed by atoms with Crippen molar-refractivity contribution in [3.05, 3.63) is 71.4 Å². The standard InChI is InChI=1S/C23H25ClN4O3.HI/c1-3-13-30-20-8-4-5-9-21(20)31-22-16(7-6-12-26-22)15-27-23(25)28-17-10-11-19(29-2)18(24)14-17;/h4-12,14H,3,13,15H2,1-2H3,(H3,25,27,28);1H. The SMILES string of the molecule is CCCOc1ccccc1Oc1ncccc1CN=C(N)Nc1ccc(OC)c(Cl)c1.I. The van der Waals surface area contributed by atoms with Gasteiger partial charge in [-0.15, -0.1) is 24.0 Å². The number of aromatic nitrogens is 1. The van der Waals surface area contributed by atoms with E-state index in [4.69, 9.17) is 31.5 Å². The maximum Gasteiger partial charge on any atom is 0.224 e. The van der Waals surface area contributed by atoms with Crippen molar-refractivity contribution in [2.24, 2.45) is 10.7 Å². The molecule has 2 aromatic carbocycles. The predicted molar refractivity (Wildman–Crippen MR) is 139 cm³/mol. The van der Waals surface area contributed by atoms with E-state index < -0.39 is 0 Å². The summed E-state index contributed by atoms with van der Waals surface area (Å²) in [5.41, 5.74) is 7.53. The van der Waals surface area contributed by atoms with Crippen LogP contribution in [0.1, 0.15) is 18.9 Å². The van der Waals surface area contributed by atoms with Crippen molar-refractivity contribution in [2.75, 3.05) is 19.0 Å². The molecule has 0 spiro atoms. The first kappa shape index (κ1) is 25.5. The molecule has 0 radical (unpaired) electrons. The number of hydrogen-bond acceptors (Lipinski definition) is 5. The molecule has 0 bridgehead atoms. The molecule has 32 heavy (non-hydrogen) atoms. The van der Waals surface area contributed by atoms with E-state index in [0.717, 1.165) is 12.0 Å². The van der Waals surface area contributed by atoms with E-state index in [2.05, 4.69) is 22.2 Å². The number of rotatable bonds is 9. The van der Waals surface area contributed by atoms with Gasteiger partial charge in [-0.3, -0.25) is 0 Å². The molecule has 3 rings (SSSR count). The maximum absolute atomic E-state index is 6.15. The van der Waals surface area contributed by atoms with E-state index in [0.29, 0.717) is 40.4 Å². The van der Waals surface area contributed by atoms with E-state index in [1.165, 1.54) is 0 Å². The summed E-state index contributed by atoms with van der Waals surface area (Å²) in [6.45, 7) is 2.94. The van der Waals surface area contributed by atoms with Crippen LogP contribution >= 0.6 is 35.6 Å². The van der Waals surface area contributed by atoms with Crippen molar-refractivity contribution in [3.63, 3.8) is 0 Å². The van der Waals surface area contributed by atoms with Gasteiger partial charge in [-0.25, -0.2) is 9.98 Å². The molecule has 3 aromatic rings. The number of guanidine groups is 1. The van der Waals surface area contributed by atoms with Crippen molar-refractivity contribution in [1.82, 2.24) is 4.98 Å². The Bertz CT molecular complexity index is 1050. The van der Waals surface area contributed by atoms with Crippen LogP contribution in [0, 0.1) is 0 Å². The molecule has 0 saturated carbocycles. The first-order valence-electron chi connectivity index (χ1n) is 9.84. The molecule has 0 atom stereocenters. The third-order valence-corrected chi connectivity index (χ3v) is 4.51. The van der Waals surface area contributed by atoms with Crippen LogP contribution in [-0.4, -0.2) is 24.7 Å². The minimum absolute atomic E-state index is 0. The number of ether oxygens (including phenoxy) is 3. The van der Waals surface area contributed by atoms with E-state index >= 15 is 0 Å². The second kappa shape index (κ2) is 13.0. The van der Waals surface area contributed by atoms with Crippen molar-refractivity contribution in [3.8, 4) is 23.1 Å². The fourth-order valence-corrected chi connectivity index (χ4v) is 2.97. The number of methoxy groups -OCH3 is 1. The number of aliphatic imine (C=N–C) groups is 1. The number of pyridine rings is 1. The average Bonchev–Trinajstić information content (AvgIpc) is 2.78. The van der Waals surface area contributed by atoms with Crippen molar-refractivity contribution < 1.29 is 14.2 Å². The third-order valence-electron chi connectivity index (χ3n) is 4.21. The second-order valence-corrected chi connectivity index (χ2v) is 6.95. The molecular formula is C23H26ClIN4O3. The van der Waals surface area contributed by atoms with Gasteiger partial charge in [0.15, 0.2) is 17.5 Å². The van der Waals surface area contributed by atoms with Gasteiger partial charge < -0.3 is 25.3 Å². The highest BCUT2D eigenvalue weighted by molar-refractivity contribution is 14.0. The molecule has 170 valence electrons. The summed E-state index contributed by atoms with van der Waals surface area (Å²) >= 11 is 6.15. The Balaban J connectivity index is 0.00000363. The van der Waals surface area contributed by atoms with Gasteiger partial charge >= 0.3 is 0 Å². The summed E-state index contributed by atoms with van der Waals surface area (Å²) in [6, 6.07) is 16.5. The Morgan fingerprint density at radius 1 is 1.09 bits per heavy atom. The van der Waals surface area contributed by atoms with E-state index in [1.54, 1.807) is 31.5 Å². The van der Waals surface area contributed by atoms with Crippen LogP contribution in [0.25, 0.3) is 0 Å². The van der Waals surface area contributed by atoms with Crippen LogP contribution in [-0.2, 0) is 6.54 Å². The smallest absolute Gasteiger partial charge is 0.224 e. The number of benzene rings is 2. The van der Waals surface area contributed by atoms with Gasteiger partial charge in [0, 0.05) is 17.4 Å². The Labute approximate surface area is 210 Å². The molecule has 0 aliphatic carbocycles. The van der Waals surface area contributed by atoms with Crippen LogP contribution in [0.4, 0.5) is 5.69 Å². The Morgan fingerprint density at radius 2 is 1.88 bits per heavy atom. The zero-order valence-corrected chi connectivity index (χ0v) is 21.0. The maximum atomic E-state index is 6.15. The number of halogens is 2. The van der Waals surface area contributed by atoms with Gasteiger partial charge in [0.05, 0.1) is 25.3 Å². The molecule has 9 heteroatoms. The number of nitrogens with two attached hydrogens (primary N) is 1. The van der Waals surface area contributed by atoms with Gasteiger partial charge in [0.2, 0.25) is 5.88 Å². The molecule has 0 amide bonds. The van der Waals surface area contributed by atoms with Crippen LogP contribution < -0.4 is 25.3 Å². The van der Waals surface area contributed by atoms with Crippen molar-refractivity contribution >= 4 is 47.2 Å². The molecule has 1 aromatic heterocycles. The van der Waals surface area contributed by atoms with Crippen LogP contribution in [0.5, 0.6) is 23.1 Å².